The van der Waals surface area contributed by atoms with E-state index in [0.717, 1.165) is 45.2 Å². The van der Waals surface area contributed by atoms with Gasteiger partial charge in [-0.15, -0.1) is 22.7 Å². The van der Waals surface area contributed by atoms with Crippen LogP contribution < -0.4 is 11.1 Å². The summed E-state index contributed by atoms with van der Waals surface area (Å²) in [5.41, 5.74) is 7.35. The van der Waals surface area contributed by atoms with Gasteiger partial charge in [0.05, 0.1) is 4.88 Å². The van der Waals surface area contributed by atoms with Gasteiger partial charge in [0.25, 0.3) is 5.91 Å². The zero-order chi connectivity index (χ0) is 25.6. The number of hydrogen-bond acceptors (Lipinski definition) is 6. The second-order valence-corrected chi connectivity index (χ2v) is 12.2. The number of thiophene rings is 2. The number of likely N-dealkylation sites (tertiary alicyclic amines) is 1. The summed E-state index contributed by atoms with van der Waals surface area (Å²) in [6, 6.07) is 18.6. The Labute approximate surface area is 227 Å². The Morgan fingerprint density at radius 3 is 2.38 bits per heavy atom. The number of benzene rings is 1. The van der Waals surface area contributed by atoms with Gasteiger partial charge < -0.3 is 16.0 Å². The molecule has 3 aromatic rings. The molecule has 6 nitrogen and oxygen atoms in total. The predicted octanol–water partition coefficient (Wildman–Crippen LogP) is 4.87. The Morgan fingerprint density at radius 2 is 1.68 bits per heavy atom. The summed E-state index contributed by atoms with van der Waals surface area (Å²) >= 11 is 3.21. The number of hydrogen-bond donors (Lipinski definition) is 2. The first-order chi connectivity index (χ1) is 18.1. The van der Waals surface area contributed by atoms with E-state index < -0.39 is 6.04 Å². The van der Waals surface area contributed by atoms with Crippen molar-refractivity contribution in [2.24, 2.45) is 5.73 Å². The van der Waals surface area contributed by atoms with Crippen LogP contribution in [-0.2, 0) is 17.9 Å². The highest BCUT2D eigenvalue weighted by molar-refractivity contribution is 7.12. The van der Waals surface area contributed by atoms with E-state index in [0.29, 0.717) is 17.8 Å². The van der Waals surface area contributed by atoms with E-state index >= 15 is 0 Å². The molecule has 0 bridgehead atoms. The molecule has 196 valence electrons. The Kier molecular flexibility index (Phi) is 8.71. The third-order valence-electron chi connectivity index (χ3n) is 7.67. The minimum Gasteiger partial charge on any atom is -0.352 e. The largest absolute Gasteiger partial charge is 0.352 e. The van der Waals surface area contributed by atoms with E-state index in [1.807, 2.05) is 28.5 Å². The summed E-state index contributed by atoms with van der Waals surface area (Å²) in [6.07, 6.45) is 5.15. The number of piperidine rings is 1. The molecule has 37 heavy (non-hydrogen) atoms. The van der Waals surface area contributed by atoms with Crippen LogP contribution in [0.4, 0.5) is 0 Å². The molecule has 1 aromatic carbocycles. The summed E-state index contributed by atoms with van der Waals surface area (Å²) in [7, 11) is 0. The molecular formula is C29H36N4O2S2. The van der Waals surface area contributed by atoms with Crippen molar-refractivity contribution in [2.45, 2.75) is 75.8 Å². The van der Waals surface area contributed by atoms with Crippen molar-refractivity contribution in [3.63, 3.8) is 0 Å². The van der Waals surface area contributed by atoms with Gasteiger partial charge in [0.15, 0.2) is 0 Å². The van der Waals surface area contributed by atoms with Gasteiger partial charge in [-0.25, -0.2) is 0 Å². The standard InChI is InChI=1S/C29H36N4O2S2/c30-22-10-12-23(13-11-22)31-28(34)26-18-24(14-15-33(26)29(35)27-9-5-17-37-27)32(20-25-8-4-16-36-25)19-21-6-2-1-3-7-21/h1-9,16-17,22-24,26H,10-15,18-20,30H2,(H,31,34)/t22?,23?,24?,26-/m1/s1. The van der Waals surface area contributed by atoms with Gasteiger partial charge in [-0.2, -0.15) is 0 Å². The van der Waals surface area contributed by atoms with E-state index in [1.54, 1.807) is 11.3 Å². The summed E-state index contributed by atoms with van der Waals surface area (Å²) in [4.78, 5) is 33.5. The Morgan fingerprint density at radius 1 is 0.919 bits per heavy atom. The van der Waals surface area contributed by atoms with Gasteiger partial charge in [-0.3, -0.25) is 14.5 Å². The van der Waals surface area contributed by atoms with Crippen molar-refractivity contribution in [3.8, 4) is 0 Å². The smallest absolute Gasteiger partial charge is 0.264 e. The Bertz CT molecular complexity index is 1130. The van der Waals surface area contributed by atoms with Crippen molar-refractivity contribution in [1.82, 2.24) is 15.1 Å². The number of amides is 2. The van der Waals surface area contributed by atoms with Crippen molar-refractivity contribution < 1.29 is 9.59 Å². The molecule has 8 heteroatoms. The van der Waals surface area contributed by atoms with Gasteiger partial charge in [-0.05, 0) is 67.0 Å². The predicted molar refractivity (Wildman–Crippen MR) is 151 cm³/mol. The second-order valence-electron chi connectivity index (χ2n) is 10.3. The fourth-order valence-corrected chi connectivity index (χ4v) is 7.02. The molecule has 3 heterocycles. The van der Waals surface area contributed by atoms with Crippen LogP contribution in [-0.4, -0.2) is 52.3 Å². The molecule has 3 N–H and O–H groups in total. The molecule has 2 atom stereocenters. The zero-order valence-corrected chi connectivity index (χ0v) is 22.8. The Hall–Kier alpha value is -2.52. The highest BCUT2D eigenvalue weighted by atomic mass is 32.1. The first-order valence-corrected chi connectivity index (χ1v) is 15.0. The highest BCUT2D eigenvalue weighted by Crippen LogP contribution is 2.29. The van der Waals surface area contributed by atoms with Crippen LogP contribution in [0.5, 0.6) is 0 Å². The first-order valence-electron chi connectivity index (χ1n) is 13.3. The van der Waals surface area contributed by atoms with Crippen LogP contribution >= 0.6 is 22.7 Å². The van der Waals surface area contributed by atoms with Gasteiger partial charge in [-0.1, -0.05) is 42.5 Å². The first kappa shape index (κ1) is 26.1. The van der Waals surface area contributed by atoms with Crippen LogP contribution in [0.2, 0.25) is 0 Å². The van der Waals surface area contributed by atoms with Gasteiger partial charge in [0.1, 0.15) is 6.04 Å². The highest BCUT2D eigenvalue weighted by Gasteiger charge is 2.39. The summed E-state index contributed by atoms with van der Waals surface area (Å²) in [6.45, 7) is 2.23. The molecule has 5 rings (SSSR count). The van der Waals surface area contributed by atoms with Crippen LogP contribution in [0.15, 0.2) is 65.4 Å². The summed E-state index contributed by atoms with van der Waals surface area (Å²) in [5.74, 6) is -0.0574. The molecule has 2 aliphatic rings. The van der Waals surface area contributed by atoms with Crippen molar-refractivity contribution in [3.05, 3.63) is 80.7 Å². The summed E-state index contributed by atoms with van der Waals surface area (Å²) in [5, 5.41) is 7.33. The normalized spacial score (nSPS) is 24.2. The van der Waals surface area contributed by atoms with E-state index in [-0.39, 0.29) is 29.9 Å². The van der Waals surface area contributed by atoms with Crippen LogP contribution in [0.3, 0.4) is 0 Å². The summed E-state index contributed by atoms with van der Waals surface area (Å²) < 4.78 is 0. The third kappa shape index (κ3) is 6.68. The topological polar surface area (TPSA) is 78.7 Å². The zero-order valence-electron chi connectivity index (χ0n) is 21.1. The monoisotopic (exact) mass is 536 g/mol. The van der Waals surface area contributed by atoms with Crippen molar-refractivity contribution >= 4 is 34.5 Å². The maximum atomic E-state index is 13.7. The van der Waals surface area contributed by atoms with E-state index in [9.17, 15) is 9.59 Å². The molecule has 2 amide bonds. The molecule has 1 saturated carbocycles. The maximum Gasteiger partial charge on any atom is 0.264 e. The van der Waals surface area contributed by atoms with Gasteiger partial charge in [0, 0.05) is 42.6 Å². The number of nitrogens with one attached hydrogen (secondary N) is 1. The van der Waals surface area contributed by atoms with Crippen molar-refractivity contribution in [2.75, 3.05) is 6.54 Å². The molecular weight excluding hydrogens is 500 g/mol. The van der Waals surface area contributed by atoms with Crippen LogP contribution in [0.1, 0.15) is 58.6 Å². The lowest BCUT2D eigenvalue weighted by molar-refractivity contribution is -0.128. The maximum absolute atomic E-state index is 13.7. The molecule has 1 unspecified atom stereocenters. The van der Waals surface area contributed by atoms with E-state index in [1.165, 1.54) is 21.8 Å². The SMILES string of the molecule is NC1CCC(NC(=O)[C@H]2CC(N(Cc3ccccc3)Cc3cccs3)CCN2C(=O)c2cccs2)CC1. The number of carbonyl (C=O) groups excluding carboxylic acids is 2. The average Bonchev–Trinajstić information content (AvgIpc) is 3.64. The molecule has 1 aliphatic carbocycles. The molecule has 2 fully saturated rings. The number of carbonyl (C=O) groups is 2. The fraction of sp³-hybridized carbons (Fsp3) is 0.448. The lowest BCUT2D eigenvalue weighted by atomic mass is 9.90. The number of rotatable bonds is 8. The second kappa shape index (κ2) is 12.3. The fourth-order valence-electron chi connectivity index (χ4n) is 5.61. The molecule has 0 spiro atoms. The number of nitrogens with zero attached hydrogens (tertiary/aromatic N) is 2. The minimum atomic E-state index is -0.481. The average molecular weight is 537 g/mol. The third-order valence-corrected chi connectivity index (χ3v) is 9.39. The van der Waals surface area contributed by atoms with Gasteiger partial charge in [0.2, 0.25) is 5.91 Å². The van der Waals surface area contributed by atoms with Crippen LogP contribution in [0, 0.1) is 0 Å². The molecule has 1 saturated heterocycles. The van der Waals surface area contributed by atoms with E-state index in [2.05, 4.69) is 52.0 Å². The quantitative estimate of drug-likeness (QED) is 0.431. The minimum absolute atomic E-state index is 0.0223. The lowest BCUT2D eigenvalue weighted by Gasteiger charge is -2.43. The van der Waals surface area contributed by atoms with Crippen LogP contribution in [0.25, 0.3) is 0 Å². The Balaban J connectivity index is 1.36. The van der Waals surface area contributed by atoms with Gasteiger partial charge >= 0.3 is 0 Å². The number of nitrogens with two attached hydrogens (primary N) is 1. The molecule has 1 aliphatic heterocycles. The molecule has 2 aromatic heterocycles. The van der Waals surface area contributed by atoms with E-state index in [4.69, 9.17) is 5.73 Å². The molecule has 0 radical (unpaired) electrons. The lowest BCUT2D eigenvalue weighted by Crippen LogP contribution is -2.58. The van der Waals surface area contributed by atoms with Crippen molar-refractivity contribution in [1.29, 1.82) is 0 Å².